The molecule has 1 atom stereocenters. The summed E-state index contributed by atoms with van der Waals surface area (Å²) in [5.41, 5.74) is 0.690. The Labute approximate surface area is 113 Å². The second-order valence-electron chi connectivity index (χ2n) is 4.37. The number of aliphatic carboxylic acids is 1. The number of hydrogen-bond acceptors (Lipinski definition) is 2. The fraction of sp³-hybridized carbons (Fsp3) is 0.214. The molecule has 2 N–H and O–H groups in total. The van der Waals surface area contributed by atoms with Crippen molar-refractivity contribution in [1.29, 1.82) is 0 Å². The minimum Gasteiger partial charge on any atom is -0.508 e. The highest BCUT2D eigenvalue weighted by Gasteiger charge is 2.16. The normalized spacial score (nSPS) is 12.6. The molecular formula is C14H13BrO3. The van der Waals surface area contributed by atoms with Crippen LogP contribution in [0.5, 0.6) is 5.75 Å². The third kappa shape index (κ3) is 2.48. The Morgan fingerprint density at radius 1 is 1.33 bits per heavy atom. The zero-order valence-corrected chi connectivity index (χ0v) is 11.4. The number of carbonyl (C=O) groups is 1. The van der Waals surface area contributed by atoms with Crippen molar-refractivity contribution in [3.05, 3.63) is 40.4 Å². The summed E-state index contributed by atoms with van der Waals surface area (Å²) in [6.07, 6.45) is 0.320. The van der Waals surface area contributed by atoms with Crippen molar-refractivity contribution >= 4 is 32.7 Å². The van der Waals surface area contributed by atoms with Crippen molar-refractivity contribution in [3.63, 3.8) is 0 Å². The molecule has 3 nitrogen and oxygen atoms in total. The summed E-state index contributed by atoms with van der Waals surface area (Å²) in [5.74, 6) is -1.23. The van der Waals surface area contributed by atoms with E-state index in [-0.39, 0.29) is 5.75 Å². The van der Waals surface area contributed by atoms with E-state index in [0.29, 0.717) is 12.0 Å². The van der Waals surface area contributed by atoms with Crippen LogP contribution in [0.4, 0.5) is 0 Å². The van der Waals surface area contributed by atoms with Gasteiger partial charge in [0.2, 0.25) is 0 Å². The van der Waals surface area contributed by atoms with Gasteiger partial charge in [-0.15, -0.1) is 0 Å². The summed E-state index contributed by atoms with van der Waals surface area (Å²) < 4.78 is 0.956. The molecule has 2 aromatic rings. The Morgan fingerprint density at radius 3 is 2.72 bits per heavy atom. The van der Waals surface area contributed by atoms with Gasteiger partial charge in [-0.2, -0.15) is 0 Å². The van der Waals surface area contributed by atoms with Crippen molar-refractivity contribution < 1.29 is 15.0 Å². The summed E-state index contributed by atoms with van der Waals surface area (Å²) in [7, 11) is 0. The predicted octanol–water partition coefficient (Wildman–Crippen LogP) is 3.57. The van der Waals surface area contributed by atoms with Crippen LogP contribution < -0.4 is 0 Å². The number of carboxylic acids is 1. The third-order valence-corrected chi connectivity index (χ3v) is 3.49. The number of rotatable bonds is 3. The third-order valence-electron chi connectivity index (χ3n) is 3.00. The first kappa shape index (κ1) is 12.9. The van der Waals surface area contributed by atoms with E-state index in [2.05, 4.69) is 15.9 Å². The molecule has 0 heterocycles. The van der Waals surface area contributed by atoms with Crippen LogP contribution >= 0.6 is 15.9 Å². The lowest BCUT2D eigenvalue weighted by atomic mass is 9.95. The number of phenols is 1. The number of carboxylic acid groups (broad SMARTS) is 1. The average Bonchev–Trinajstić information content (AvgIpc) is 2.32. The van der Waals surface area contributed by atoms with Gasteiger partial charge in [-0.1, -0.05) is 35.0 Å². The fourth-order valence-electron chi connectivity index (χ4n) is 1.96. The Balaban J connectivity index is 2.54. The van der Waals surface area contributed by atoms with Crippen molar-refractivity contribution in [2.75, 3.05) is 0 Å². The van der Waals surface area contributed by atoms with Gasteiger partial charge in [-0.3, -0.25) is 4.79 Å². The molecule has 0 aliphatic heterocycles. The van der Waals surface area contributed by atoms with Gasteiger partial charge in [0, 0.05) is 10.0 Å². The molecule has 0 spiro atoms. The quantitative estimate of drug-likeness (QED) is 0.911. The van der Waals surface area contributed by atoms with Crippen LogP contribution in [0, 0.1) is 5.92 Å². The Morgan fingerprint density at radius 2 is 2.06 bits per heavy atom. The SMILES string of the molecule is CC(Cc1c(O)ccc2cc(Br)ccc12)C(=O)O. The monoisotopic (exact) mass is 308 g/mol. The largest absolute Gasteiger partial charge is 0.508 e. The first-order chi connectivity index (χ1) is 8.49. The van der Waals surface area contributed by atoms with Crippen LogP contribution in [-0.2, 0) is 11.2 Å². The highest BCUT2D eigenvalue weighted by Crippen LogP contribution is 2.31. The van der Waals surface area contributed by atoms with Gasteiger partial charge in [-0.25, -0.2) is 0 Å². The second kappa shape index (κ2) is 4.98. The first-order valence-electron chi connectivity index (χ1n) is 5.62. The maximum atomic E-state index is 10.9. The molecule has 0 aliphatic carbocycles. The van der Waals surface area contributed by atoms with Crippen LogP contribution in [0.3, 0.4) is 0 Å². The molecule has 0 fully saturated rings. The van der Waals surface area contributed by atoms with Gasteiger partial charge in [0.15, 0.2) is 0 Å². The smallest absolute Gasteiger partial charge is 0.306 e. The van der Waals surface area contributed by atoms with E-state index in [9.17, 15) is 9.90 Å². The van der Waals surface area contributed by atoms with E-state index in [0.717, 1.165) is 15.2 Å². The molecule has 94 valence electrons. The van der Waals surface area contributed by atoms with E-state index in [1.165, 1.54) is 0 Å². The maximum absolute atomic E-state index is 10.9. The highest BCUT2D eigenvalue weighted by atomic mass is 79.9. The summed E-state index contributed by atoms with van der Waals surface area (Å²) in [5, 5.41) is 20.7. The van der Waals surface area contributed by atoms with E-state index in [1.807, 2.05) is 24.3 Å². The molecule has 0 amide bonds. The van der Waals surface area contributed by atoms with Crippen molar-refractivity contribution in [3.8, 4) is 5.75 Å². The molecule has 0 bridgehead atoms. The van der Waals surface area contributed by atoms with Gasteiger partial charge in [0.05, 0.1) is 5.92 Å². The average molecular weight is 309 g/mol. The van der Waals surface area contributed by atoms with Crippen LogP contribution in [0.1, 0.15) is 12.5 Å². The van der Waals surface area contributed by atoms with E-state index in [1.54, 1.807) is 13.0 Å². The standard InChI is InChI=1S/C14H13BrO3/c1-8(14(17)18)6-12-11-4-3-10(15)7-9(11)2-5-13(12)16/h2-5,7-8,16H,6H2,1H3,(H,17,18). The van der Waals surface area contributed by atoms with Crippen LogP contribution in [0.15, 0.2) is 34.8 Å². The maximum Gasteiger partial charge on any atom is 0.306 e. The van der Waals surface area contributed by atoms with Gasteiger partial charge < -0.3 is 10.2 Å². The zero-order valence-electron chi connectivity index (χ0n) is 9.85. The van der Waals surface area contributed by atoms with Crippen molar-refractivity contribution in [2.45, 2.75) is 13.3 Å². The van der Waals surface area contributed by atoms with Crippen molar-refractivity contribution in [1.82, 2.24) is 0 Å². The van der Waals surface area contributed by atoms with E-state index < -0.39 is 11.9 Å². The highest BCUT2D eigenvalue weighted by molar-refractivity contribution is 9.10. The summed E-state index contributed by atoms with van der Waals surface area (Å²) >= 11 is 3.39. The number of halogens is 1. The number of hydrogen-bond donors (Lipinski definition) is 2. The Bertz CT molecular complexity index is 607. The molecule has 0 aliphatic rings. The van der Waals surface area contributed by atoms with Gasteiger partial charge in [0.25, 0.3) is 0 Å². The molecule has 0 radical (unpaired) electrons. The molecule has 1 unspecified atom stereocenters. The van der Waals surface area contributed by atoms with E-state index in [4.69, 9.17) is 5.11 Å². The minimum absolute atomic E-state index is 0.151. The van der Waals surface area contributed by atoms with Gasteiger partial charge >= 0.3 is 5.97 Å². The number of aromatic hydroxyl groups is 1. The van der Waals surface area contributed by atoms with Crippen LogP contribution in [0.25, 0.3) is 10.8 Å². The predicted molar refractivity (Wildman–Crippen MR) is 73.8 cm³/mol. The van der Waals surface area contributed by atoms with Gasteiger partial charge in [0.1, 0.15) is 5.75 Å². The first-order valence-corrected chi connectivity index (χ1v) is 6.41. The fourth-order valence-corrected chi connectivity index (χ4v) is 2.34. The Hall–Kier alpha value is -1.55. The Kier molecular flexibility index (Phi) is 3.57. The van der Waals surface area contributed by atoms with E-state index >= 15 is 0 Å². The minimum atomic E-state index is -0.858. The van der Waals surface area contributed by atoms with Crippen molar-refractivity contribution in [2.24, 2.45) is 5.92 Å². The second-order valence-corrected chi connectivity index (χ2v) is 5.29. The number of benzene rings is 2. The zero-order chi connectivity index (χ0) is 13.3. The summed E-state index contributed by atoms with van der Waals surface area (Å²) in [6.45, 7) is 1.64. The lowest BCUT2D eigenvalue weighted by Gasteiger charge is -2.12. The molecule has 0 saturated heterocycles. The number of phenolic OH excluding ortho intramolecular Hbond substituents is 1. The summed E-state index contributed by atoms with van der Waals surface area (Å²) in [6, 6.07) is 9.16. The molecule has 2 rings (SSSR count). The molecule has 18 heavy (non-hydrogen) atoms. The molecule has 4 heteroatoms. The molecular weight excluding hydrogens is 296 g/mol. The lowest BCUT2D eigenvalue weighted by molar-refractivity contribution is -0.141. The van der Waals surface area contributed by atoms with Gasteiger partial charge in [-0.05, 0) is 35.4 Å². The summed E-state index contributed by atoms with van der Waals surface area (Å²) in [4.78, 5) is 10.9. The molecule has 0 saturated carbocycles. The lowest BCUT2D eigenvalue weighted by Crippen LogP contribution is -2.12. The molecule has 2 aromatic carbocycles. The number of fused-ring (bicyclic) bond motifs is 1. The van der Waals surface area contributed by atoms with Crippen LogP contribution in [-0.4, -0.2) is 16.2 Å². The molecule has 0 aromatic heterocycles. The van der Waals surface area contributed by atoms with Crippen LogP contribution in [0.2, 0.25) is 0 Å². The topological polar surface area (TPSA) is 57.5 Å².